The molecule has 3 amide bonds. The van der Waals surface area contributed by atoms with Crippen LogP contribution in [0, 0.1) is 0 Å². The zero-order valence-electron chi connectivity index (χ0n) is 15.5. The zero-order chi connectivity index (χ0) is 20.5. The van der Waals surface area contributed by atoms with Gasteiger partial charge in [0.1, 0.15) is 6.04 Å². The van der Waals surface area contributed by atoms with Crippen LogP contribution in [0.4, 0.5) is 17.1 Å². The van der Waals surface area contributed by atoms with Crippen molar-refractivity contribution in [2.45, 2.75) is 25.3 Å². The molecule has 0 radical (unpaired) electrons. The van der Waals surface area contributed by atoms with Crippen LogP contribution < -0.4 is 15.1 Å². The van der Waals surface area contributed by atoms with E-state index in [1.807, 2.05) is 6.07 Å². The van der Waals surface area contributed by atoms with Crippen molar-refractivity contribution in [3.8, 4) is 0 Å². The molecule has 1 atom stereocenters. The van der Waals surface area contributed by atoms with E-state index in [0.29, 0.717) is 18.7 Å². The van der Waals surface area contributed by atoms with E-state index >= 15 is 0 Å². The molecule has 0 aliphatic carbocycles. The van der Waals surface area contributed by atoms with Gasteiger partial charge in [0, 0.05) is 24.3 Å². The Morgan fingerprint density at radius 1 is 1.00 bits per heavy atom. The Morgan fingerprint density at radius 3 is 2.48 bits per heavy atom. The quantitative estimate of drug-likeness (QED) is 0.755. The Hall–Kier alpha value is -3.68. The van der Waals surface area contributed by atoms with E-state index in [0.717, 1.165) is 17.0 Å². The predicted molar refractivity (Wildman–Crippen MR) is 106 cm³/mol. The van der Waals surface area contributed by atoms with Gasteiger partial charge in [-0.25, -0.2) is 9.69 Å². The summed E-state index contributed by atoms with van der Waals surface area (Å²) in [6.07, 6.45) is 1.30. The predicted octanol–water partition coefficient (Wildman–Crippen LogP) is 2.26. The summed E-state index contributed by atoms with van der Waals surface area (Å²) in [5.74, 6) is -1.91. The van der Waals surface area contributed by atoms with Crippen molar-refractivity contribution in [2.24, 2.45) is 0 Å². The van der Waals surface area contributed by atoms with Crippen LogP contribution in [-0.4, -0.2) is 41.4 Å². The first kappa shape index (κ1) is 18.7. The van der Waals surface area contributed by atoms with Gasteiger partial charge in [0.25, 0.3) is 5.91 Å². The normalized spacial score (nSPS) is 19.2. The molecule has 2 aromatic carbocycles. The fourth-order valence-electron chi connectivity index (χ4n) is 3.68. The highest BCUT2D eigenvalue weighted by Crippen LogP contribution is 2.28. The summed E-state index contributed by atoms with van der Waals surface area (Å²) in [7, 11) is 0. The minimum Gasteiger partial charge on any atom is -0.478 e. The second-order valence-corrected chi connectivity index (χ2v) is 7.02. The highest BCUT2D eigenvalue weighted by Gasteiger charge is 2.39. The lowest BCUT2D eigenvalue weighted by atomic mass is 10.2. The van der Waals surface area contributed by atoms with Gasteiger partial charge in [-0.2, -0.15) is 0 Å². The van der Waals surface area contributed by atoms with Crippen molar-refractivity contribution in [1.82, 2.24) is 0 Å². The summed E-state index contributed by atoms with van der Waals surface area (Å²) in [6, 6.07) is 12.2. The Morgan fingerprint density at radius 2 is 1.76 bits per heavy atom. The second-order valence-electron chi connectivity index (χ2n) is 7.02. The number of carboxylic acid groups (broad SMARTS) is 1. The molecule has 2 aromatic rings. The number of rotatable bonds is 5. The van der Waals surface area contributed by atoms with Crippen molar-refractivity contribution in [3.05, 3.63) is 54.1 Å². The number of nitrogens with one attached hydrogen (secondary N) is 1. The molecule has 4 rings (SSSR count). The summed E-state index contributed by atoms with van der Waals surface area (Å²) in [6.45, 7) is 0.664. The third-order valence-electron chi connectivity index (χ3n) is 5.07. The van der Waals surface area contributed by atoms with Gasteiger partial charge < -0.3 is 15.3 Å². The average molecular weight is 393 g/mol. The van der Waals surface area contributed by atoms with E-state index in [1.165, 1.54) is 24.3 Å². The summed E-state index contributed by atoms with van der Waals surface area (Å²) >= 11 is 0. The minimum atomic E-state index is -1.13. The first-order valence-electron chi connectivity index (χ1n) is 9.31. The molecule has 2 N–H and O–H groups in total. The molecule has 0 spiro atoms. The number of carbonyl (C=O) groups is 4. The molecule has 0 aromatic heterocycles. The third kappa shape index (κ3) is 3.56. The molecule has 2 aliphatic rings. The van der Waals surface area contributed by atoms with Gasteiger partial charge in [0.05, 0.1) is 17.7 Å². The van der Waals surface area contributed by atoms with Crippen molar-refractivity contribution in [1.29, 1.82) is 0 Å². The first-order chi connectivity index (χ1) is 13.9. The van der Waals surface area contributed by atoms with Crippen LogP contribution >= 0.6 is 0 Å². The largest absolute Gasteiger partial charge is 0.478 e. The molecular weight excluding hydrogens is 374 g/mol. The van der Waals surface area contributed by atoms with E-state index in [4.69, 9.17) is 5.11 Å². The smallest absolute Gasteiger partial charge is 0.335 e. The van der Waals surface area contributed by atoms with Gasteiger partial charge in [-0.1, -0.05) is 12.1 Å². The molecule has 148 valence electrons. The highest BCUT2D eigenvalue weighted by atomic mass is 16.4. The standard InChI is InChI=1S/C21H19N3O5/c25-18-8-3-9-23(18)15-6-2-5-14(11-15)22-17-12-19(26)24(20(17)27)16-7-1-4-13(10-16)21(28)29/h1-2,4-7,10-11,17,22H,3,8-9,12H2,(H,28,29)/t17-/m1/s1. The van der Waals surface area contributed by atoms with Gasteiger partial charge in [0.15, 0.2) is 0 Å². The van der Waals surface area contributed by atoms with Crippen molar-refractivity contribution >= 4 is 40.8 Å². The number of nitrogens with zero attached hydrogens (tertiary/aromatic N) is 2. The topological polar surface area (TPSA) is 107 Å². The minimum absolute atomic E-state index is 0.00231. The fraction of sp³-hybridized carbons (Fsp3) is 0.238. The number of amides is 3. The van der Waals surface area contributed by atoms with Crippen molar-refractivity contribution < 1.29 is 24.3 Å². The van der Waals surface area contributed by atoms with Gasteiger partial charge in [0.2, 0.25) is 11.8 Å². The lowest BCUT2D eigenvalue weighted by Gasteiger charge is -2.19. The number of hydrogen-bond acceptors (Lipinski definition) is 5. The number of imide groups is 1. The molecule has 8 heteroatoms. The average Bonchev–Trinajstić information content (AvgIpc) is 3.25. The Balaban J connectivity index is 1.53. The maximum absolute atomic E-state index is 12.8. The van der Waals surface area contributed by atoms with E-state index < -0.39 is 23.8 Å². The maximum atomic E-state index is 12.8. The highest BCUT2D eigenvalue weighted by molar-refractivity contribution is 6.23. The lowest BCUT2D eigenvalue weighted by molar-refractivity contribution is -0.121. The molecule has 29 heavy (non-hydrogen) atoms. The number of carboxylic acids is 1. The second kappa shape index (κ2) is 7.38. The van der Waals surface area contributed by atoms with E-state index in [1.54, 1.807) is 23.1 Å². The number of carbonyl (C=O) groups excluding carboxylic acids is 3. The number of benzene rings is 2. The SMILES string of the molecule is O=C(O)c1cccc(N2C(=O)C[C@@H](Nc3cccc(N4CCCC4=O)c3)C2=O)c1. The molecule has 8 nitrogen and oxygen atoms in total. The van der Waals surface area contributed by atoms with E-state index in [2.05, 4.69) is 5.32 Å². The Labute approximate surface area is 166 Å². The van der Waals surface area contributed by atoms with Gasteiger partial charge in [-0.3, -0.25) is 14.4 Å². The monoisotopic (exact) mass is 393 g/mol. The Kier molecular flexibility index (Phi) is 4.75. The fourth-order valence-corrected chi connectivity index (χ4v) is 3.68. The van der Waals surface area contributed by atoms with Crippen LogP contribution in [0.2, 0.25) is 0 Å². The number of aromatic carboxylic acids is 1. The van der Waals surface area contributed by atoms with Crippen molar-refractivity contribution in [3.63, 3.8) is 0 Å². The van der Waals surface area contributed by atoms with Gasteiger partial charge >= 0.3 is 5.97 Å². The number of anilines is 3. The molecule has 2 fully saturated rings. The third-order valence-corrected chi connectivity index (χ3v) is 5.07. The van der Waals surface area contributed by atoms with Gasteiger partial charge in [-0.05, 0) is 42.8 Å². The molecule has 0 bridgehead atoms. The van der Waals surface area contributed by atoms with Crippen LogP contribution in [0.25, 0.3) is 0 Å². The summed E-state index contributed by atoms with van der Waals surface area (Å²) in [5, 5.41) is 12.2. The zero-order valence-corrected chi connectivity index (χ0v) is 15.5. The number of hydrogen-bond donors (Lipinski definition) is 2. The van der Waals surface area contributed by atoms with Crippen LogP contribution in [0.5, 0.6) is 0 Å². The van der Waals surface area contributed by atoms with Crippen LogP contribution in [-0.2, 0) is 14.4 Å². The van der Waals surface area contributed by atoms with Crippen LogP contribution in [0.15, 0.2) is 48.5 Å². The van der Waals surface area contributed by atoms with Crippen LogP contribution in [0.3, 0.4) is 0 Å². The lowest BCUT2D eigenvalue weighted by Crippen LogP contribution is -2.35. The van der Waals surface area contributed by atoms with Crippen LogP contribution in [0.1, 0.15) is 29.6 Å². The molecule has 2 aliphatic heterocycles. The Bertz CT molecular complexity index is 1020. The molecule has 0 unspecified atom stereocenters. The summed E-state index contributed by atoms with van der Waals surface area (Å²) in [5.41, 5.74) is 1.62. The molecular formula is C21H19N3O5. The van der Waals surface area contributed by atoms with E-state index in [-0.39, 0.29) is 23.6 Å². The molecule has 2 saturated heterocycles. The van der Waals surface area contributed by atoms with Crippen molar-refractivity contribution in [2.75, 3.05) is 21.7 Å². The maximum Gasteiger partial charge on any atom is 0.335 e. The van der Waals surface area contributed by atoms with E-state index in [9.17, 15) is 19.2 Å². The summed E-state index contributed by atoms with van der Waals surface area (Å²) in [4.78, 5) is 51.1. The summed E-state index contributed by atoms with van der Waals surface area (Å²) < 4.78 is 0. The first-order valence-corrected chi connectivity index (χ1v) is 9.31. The molecule has 0 saturated carbocycles. The molecule has 2 heterocycles. The van der Waals surface area contributed by atoms with Gasteiger partial charge in [-0.15, -0.1) is 0 Å².